The number of hydrogen-bond acceptors (Lipinski definition) is 6. The third-order valence-electron chi connectivity index (χ3n) is 5.61. The molecule has 2 aliphatic heterocycles. The van der Waals surface area contributed by atoms with E-state index < -0.39 is 12.3 Å². The van der Waals surface area contributed by atoms with Crippen molar-refractivity contribution in [3.05, 3.63) is 49.1 Å². The molecule has 3 fully saturated rings. The number of fused-ring (bicyclic) bond motifs is 3. The summed E-state index contributed by atoms with van der Waals surface area (Å²) in [5, 5.41) is 21.9. The van der Waals surface area contributed by atoms with E-state index in [1.807, 2.05) is 6.07 Å². The maximum absolute atomic E-state index is 14.5. The summed E-state index contributed by atoms with van der Waals surface area (Å²) in [6.45, 7) is 0.776. The molecule has 0 amide bonds. The minimum absolute atomic E-state index is 0.0913. The zero-order valence-electron chi connectivity index (χ0n) is 15.1. The van der Waals surface area contributed by atoms with E-state index in [1.54, 1.807) is 47.6 Å². The van der Waals surface area contributed by atoms with Crippen molar-refractivity contribution in [2.45, 2.75) is 31.2 Å². The minimum atomic E-state index is -1.03. The fourth-order valence-electron chi connectivity index (χ4n) is 4.08. The lowest BCUT2D eigenvalue weighted by Crippen LogP contribution is -2.61. The van der Waals surface area contributed by atoms with E-state index in [1.165, 1.54) is 0 Å². The van der Waals surface area contributed by atoms with Gasteiger partial charge in [0.25, 0.3) is 0 Å². The van der Waals surface area contributed by atoms with Crippen LogP contribution in [0.5, 0.6) is 11.6 Å². The molecule has 3 aromatic rings. The second-order valence-corrected chi connectivity index (χ2v) is 7.31. The first-order chi connectivity index (χ1) is 13.7. The SMILES string of the molecule is Oc1cc(-n2ccnc2)ccc1-c1ccc(O[C@@H]2C3CCC(NC3)[C@H]2F)nn1. The third-order valence-corrected chi connectivity index (χ3v) is 5.61. The van der Waals surface area contributed by atoms with Crippen LogP contribution in [0, 0.1) is 5.92 Å². The summed E-state index contributed by atoms with van der Waals surface area (Å²) >= 11 is 0. The fraction of sp³-hybridized carbons (Fsp3) is 0.350. The van der Waals surface area contributed by atoms with Crippen LogP contribution in [-0.2, 0) is 0 Å². The molecule has 8 heteroatoms. The number of piperidine rings is 2. The normalized spacial score (nSPS) is 26.3. The van der Waals surface area contributed by atoms with E-state index in [9.17, 15) is 9.50 Å². The number of ether oxygens (including phenoxy) is 1. The zero-order valence-corrected chi connectivity index (χ0v) is 15.1. The quantitative estimate of drug-likeness (QED) is 0.722. The molecule has 1 aromatic carbocycles. The summed E-state index contributed by atoms with van der Waals surface area (Å²) in [6.07, 6.45) is 5.43. The minimum Gasteiger partial charge on any atom is -0.507 e. The molecule has 4 atom stereocenters. The topological polar surface area (TPSA) is 85.1 Å². The van der Waals surface area contributed by atoms with E-state index in [2.05, 4.69) is 20.5 Å². The van der Waals surface area contributed by atoms with Crippen LogP contribution in [0.4, 0.5) is 4.39 Å². The maximum Gasteiger partial charge on any atom is 0.233 e. The van der Waals surface area contributed by atoms with Crippen LogP contribution in [0.15, 0.2) is 49.1 Å². The Morgan fingerprint density at radius 2 is 2.11 bits per heavy atom. The summed E-state index contributed by atoms with van der Waals surface area (Å²) in [7, 11) is 0. The Bertz CT molecular complexity index is 953. The summed E-state index contributed by atoms with van der Waals surface area (Å²) in [5.74, 6) is 0.549. The van der Waals surface area contributed by atoms with Gasteiger partial charge in [-0.1, -0.05) is 0 Å². The Hall–Kier alpha value is -3.00. The van der Waals surface area contributed by atoms with E-state index in [0.717, 1.165) is 25.1 Å². The molecule has 4 heterocycles. The molecule has 1 saturated carbocycles. The summed E-state index contributed by atoms with van der Waals surface area (Å²) in [6, 6.07) is 8.55. The molecule has 144 valence electrons. The Morgan fingerprint density at radius 3 is 2.75 bits per heavy atom. The Morgan fingerprint density at radius 1 is 1.18 bits per heavy atom. The number of nitrogens with one attached hydrogen (secondary N) is 1. The highest BCUT2D eigenvalue weighted by Gasteiger charge is 2.45. The van der Waals surface area contributed by atoms with Crippen LogP contribution < -0.4 is 10.1 Å². The predicted octanol–water partition coefficient (Wildman–Crippen LogP) is 2.50. The predicted molar refractivity (Wildman–Crippen MR) is 100 cm³/mol. The number of phenols is 1. The molecule has 2 saturated heterocycles. The van der Waals surface area contributed by atoms with Crippen molar-refractivity contribution in [3.63, 3.8) is 0 Å². The Labute approximate surface area is 161 Å². The van der Waals surface area contributed by atoms with Crippen LogP contribution in [-0.4, -0.2) is 49.7 Å². The number of hydrogen-bond donors (Lipinski definition) is 2. The monoisotopic (exact) mass is 381 g/mol. The molecule has 2 aromatic heterocycles. The number of phenolic OH excluding ortho intramolecular Hbond substituents is 1. The highest BCUT2D eigenvalue weighted by molar-refractivity contribution is 5.68. The van der Waals surface area contributed by atoms with Crippen LogP contribution >= 0.6 is 0 Å². The van der Waals surface area contributed by atoms with Gasteiger partial charge in [-0.2, -0.15) is 0 Å². The highest BCUT2D eigenvalue weighted by Crippen LogP contribution is 2.35. The van der Waals surface area contributed by atoms with E-state index in [-0.39, 0.29) is 17.7 Å². The highest BCUT2D eigenvalue weighted by atomic mass is 19.1. The molecule has 2 bridgehead atoms. The summed E-state index contributed by atoms with van der Waals surface area (Å²) in [5.41, 5.74) is 1.87. The van der Waals surface area contributed by atoms with Gasteiger partial charge in [-0.05, 0) is 31.0 Å². The van der Waals surface area contributed by atoms with Crippen molar-refractivity contribution in [2.75, 3.05) is 6.54 Å². The first-order valence-corrected chi connectivity index (χ1v) is 9.38. The molecule has 2 N–H and O–H groups in total. The molecule has 0 radical (unpaired) electrons. The van der Waals surface area contributed by atoms with Crippen molar-refractivity contribution in [1.82, 2.24) is 25.1 Å². The summed E-state index contributed by atoms with van der Waals surface area (Å²) in [4.78, 5) is 4.00. The van der Waals surface area contributed by atoms with Gasteiger partial charge in [0.1, 0.15) is 11.9 Å². The van der Waals surface area contributed by atoms with Gasteiger partial charge in [0.05, 0.1) is 17.7 Å². The van der Waals surface area contributed by atoms with E-state index >= 15 is 0 Å². The van der Waals surface area contributed by atoms with E-state index in [4.69, 9.17) is 4.74 Å². The fourth-order valence-corrected chi connectivity index (χ4v) is 4.08. The van der Waals surface area contributed by atoms with Gasteiger partial charge in [-0.15, -0.1) is 10.2 Å². The zero-order chi connectivity index (χ0) is 19.1. The van der Waals surface area contributed by atoms with Crippen molar-refractivity contribution >= 4 is 0 Å². The van der Waals surface area contributed by atoms with Gasteiger partial charge < -0.3 is 19.7 Å². The number of aromatic hydroxyl groups is 1. The molecule has 0 spiro atoms. The van der Waals surface area contributed by atoms with Gasteiger partial charge in [0.2, 0.25) is 5.88 Å². The van der Waals surface area contributed by atoms with Gasteiger partial charge in [0.15, 0.2) is 6.17 Å². The van der Waals surface area contributed by atoms with Crippen LogP contribution in [0.1, 0.15) is 12.8 Å². The Balaban J connectivity index is 1.34. The summed E-state index contributed by atoms with van der Waals surface area (Å²) < 4.78 is 22.1. The van der Waals surface area contributed by atoms with Gasteiger partial charge in [-0.25, -0.2) is 9.37 Å². The lowest BCUT2D eigenvalue weighted by atomic mass is 9.78. The van der Waals surface area contributed by atoms with Gasteiger partial charge in [0, 0.05) is 48.6 Å². The standard InChI is InChI=1S/C20H20FN5O2/c21-19-16-4-1-12(10-23-16)20(19)28-18-6-5-15(24-25-18)14-3-2-13(9-17(14)27)26-8-7-22-11-26/h2-3,5-9,11-12,16,19-20,23,27H,1,4,10H2/t12?,16?,19-,20-/m1/s1. The second kappa shape index (κ2) is 6.87. The lowest BCUT2D eigenvalue weighted by molar-refractivity contribution is -0.0353. The molecule has 3 aliphatic rings. The van der Waals surface area contributed by atoms with Crippen LogP contribution in [0.2, 0.25) is 0 Å². The van der Waals surface area contributed by atoms with Crippen molar-refractivity contribution in [3.8, 4) is 28.6 Å². The molecule has 2 unspecified atom stereocenters. The molecular formula is C20H20FN5O2. The number of imidazole rings is 1. The molecular weight excluding hydrogens is 361 g/mol. The van der Waals surface area contributed by atoms with Gasteiger partial charge >= 0.3 is 0 Å². The number of rotatable bonds is 4. The lowest BCUT2D eigenvalue weighted by Gasteiger charge is -2.44. The molecule has 28 heavy (non-hydrogen) atoms. The number of benzene rings is 1. The number of halogens is 1. The molecule has 6 rings (SSSR count). The van der Waals surface area contributed by atoms with Gasteiger partial charge in [-0.3, -0.25) is 0 Å². The Kier molecular flexibility index (Phi) is 4.20. The van der Waals surface area contributed by atoms with Crippen molar-refractivity contribution in [1.29, 1.82) is 0 Å². The van der Waals surface area contributed by atoms with Crippen LogP contribution in [0.3, 0.4) is 0 Å². The third kappa shape index (κ3) is 2.99. The van der Waals surface area contributed by atoms with Crippen molar-refractivity contribution in [2.24, 2.45) is 5.92 Å². The number of nitrogens with zero attached hydrogens (tertiary/aromatic N) is 4. The van der Waals surface area contributed by atoms with Crippen LogP contribution in [0.25, 0.3) is 16.9 Å². The average molecular weight is 381 g/mol. The number of alkyl halides is 1. The molecule has 7 nitrogen and oxygen atoms in total. The molecule has 1 aliphatic carbocycles. The average Bonchev–Trinajstić information content (AvgIpc) is 3.27. The van der Waals surface area contributed by atoms with Crippen molar-refractivity contribution < 1.29 is 14.2 Å². The second-order valence-electron chi connectivity index (χ2n) is 7.31. The largest absolute Gasteiger partial charge is 0.507 e. The smallest absolute Gasteiger partial charge is 0.233 e. The maximum atomic E-state index is 14.5. The first-order valence-electron chi connectivity index (χ1n) is 9.38. The first kappa shape index (κ1) is 17.1. The van der Waals surface area contributed by atoms with E-state index in [0.29, 0.717) is 17.1 Å². The number of aromatic nitrogens is 4.